The van der Waals surface area contributed by atoms with Crippen molar-refractivity contribution >= 4 is 11.6 Å². The van der Waals surface area contributed by atoms with Crippen LogP contribution in [0.4, 0.5) is 5.69 Å². The van der Waals surface area contributed by atoms with Crippen LogP contribution in [-0.2, 0) is 14.9 Å². The van der Waals surface area contributed by atoms with E-state index in [0.717, 1.165) is 0 Å². The van der Waals surface area contributed by atoms with E-state index >= 15 is 0 Å². The van der Waals surface area contributed by atoms with Gasteiger partial charge in [-0.25, -0.2) is 0 Å². The van der Waals surface area contributed by atoms with Crippen LogP contribution in [0.1, 0.15) is 24.8 Å². The van der Waals surface area contributed by atoms with Gasteiger partial charge in [0.25, 0.3) is 0 Å². The van der Waals surface area contributed by atoms with E-state index in [1.165, 1.54) is 37.2 Å². The first kappa shape index (κ1) is 17.4. The molecule has 1 aliphatic carbocycles. The van der Waals surface area contributed by atoms with Gasteiger partial charge in [-0.15, -0.1) is 0 Å². The van der Waals surface area contributed by atoms with Gasteiger partial charge >= 0.3 is 0 Å². The third-order valence-corrected chi connectivity index (χ3v) is 8.40. The van der Waals surface area contributed by atoms with Crippen molar-refractivity contribution in [2.75, 3.05) is 24.6 Å². The molecule has 1 saturated carbocycles. The Bertz CT molecular complexity index is 944. The molecule has 0 radical (unpaired) electrons. The minimum atomic E-state index is -1.75. The highest BCUT2D eigenvalue weighted by Crippen LogP contribution is 2.62. The molecule has 6 aliphatic rings. The molecule has 152 valence electrons. The summed E-state index contributed by atoms with van der Waals surface area (Å²) in [6, 6.07) is 9.78. The number of fused-ring (bicyclic) bond motifs is 2. The van der Waals surface area contributed by atoms with Crippen molar-refractivity contribution in [3.8, 4) is 0 Å². The molecule has 1 spiro atoms. The molecular weight excluding hydrogens is 374 g/mol. The van der Waals surface area contributed by atoms with E-state index < -0.39 is 5.09 Å². The first-order valence-electron chi connectivity index (χ1n) is 10.4. The third-order valence-electron chi connectivity index (χ3n) is 8.40. The third kappa shape index (κ3) is 2.08. The minimum Gasteiger partial charge on any atom is -0.373 e. The molecule has 5 heterocycles. The Hall–Kier alpha value is -2.45. The van der Waals surface area contributed by atoms with Gasteiger partial charge in [0, 0.05) is 24.4 Å². The summed E-state index contributed by atoms with van der Waals surface area (Å²) < 4.78 is 6.26. The number of anilines is 1. The zero-order valence-electron chi connectivity index (χ0n) is 16.0. The number of nitrogens with zero attached hydrogens (tertiary/aromatic N) is 2. The Morgan fingerprint density at radius 2 is 2.07 bits per heavy atom. The van der Waals surface area contributed by atoms with E-state index in [-0.39, 0.29) is 17.4 Å². The minimum absolute atomic E-state index is 0.113. The molecule has 8 nitrogen and oxygen atoms in total. The molecule has 29 heavy (non-hydrogen) atoms. The average molecular weight is 397 g/mol. The fraction of sp³-hybridized carbons (Fsp3) is 0.571. The maximum absolute atomic E-state index is 13.2. The van der Waals surface area contributed by atoms with Crippen LogP contribution in [0.25, 0.3) is 0 Å². The molecule has 8 heteroatoms. The number of carbonyl (C=O) groups is 1. The molecule has 1 amide bonds. The van der Waals surface area contributed by atoms with Crippen molar-refractivity contribution in [2.24, 2.45) is 11.8 Å². The normalized spacial score (nSPS) is 42.3. The first-order valence-corrected chi connectivity index (χ1v) is 10.4. The number of nitrogens with one attached hydrogen (secondary N) is 1. The highest BCUT2D eigenvalue weighted by atomic mass is 16.9. The number of amides is 1. The number of para-hydroxylation sites is 1. The molecule has 2 bridgehead atoms. The molecule has 0 aromatic heterocycles. The van der Waals surface area contributed by atoms with Gasteiger partial charge in [0.1, 0.15) is 6.04 Å². The lowest BCUT2D eigenvalue weighted by Gasteiger charge is -2.56. The molecule has 1 N–H and O–H groups in total. The molecular formula is C21H23N3O5. The number of carbonyl (C=O) groups excluding carboxylic acids is 1. The summed E-state index contributed by atoms with van der Waals surface area (Å²) in [6.45, 7) is 3.15. The molecule has 5 aliphatic heterocycles. The average Bonchev–Trinajstić information content (AvgIpc) is 3.15. The smallest absolute Gasteiger partial charge is 0.229 e. The number of quaternary nitrogens is 1. The van der Waals surface area contributed by atoms with Gasteiger partial charge in [-0.1, -0.05) is 24.3 Å². The summed E-state index contributed by atoms with van der Waals surface area (Å²) >= 11 is 0. The first-order chi connectivity index (χ1) is 14.0. The van der Waals surface area contributed by atoms with Crippen LogP contribution in [0.3, 0.4) is 0 Å². The van der Waals surface area contributed by atoms with Crippen LogP contribution < -0.4 is 9.80 Å². The van der Waals surface area contributed by atoms with Crippen molar-refractivity contribution in [1.29, 1.82) is 0 Å². The van der Waals surface area contributed by atoms with Gasteiger partial charge in [-0.2, -0.15) is 0 Å². The molecule has 4 fully saturated rings. The largest absolute Gasteiger partial charge is 0.373 e. The highest BCUT2D eigenvalue weighted by Gasteiger charge is 2.73. The second-order valence-corrected chi connectivity index (χ2v) is 9.15. The number of rotatable bonds is 0. The Morgan fingerprint density at radius 3 is 2.90 bits per heavy atom. The van der Waals surface area contributed by atoms with E-state index in [1.807, 2.05) is 0 Å². The lowest BCUT2D eigenvalue weighted by Crippen LogP contribution is -3.16. The van der Waals surface area contributed by atoms with Gasteiger partial charge in [-0.3, -0.25) is 4.79 Å². The van der Waals surface area contributed by atoms with Crippen molar-refractivity contribution < 1.29 is 19.5 Å². The number of piperidine rings is 2. The summed E-state index contributed by atoms with van der Waals surface area (Å²) in [4.78, 5) is 25.4. The van der Waals surface area contributed by atoms with Crippen LogP contribution in [0.5, 0.6) is 0 Å². The van der Waals surface area contributed by atoms with E-state index in [1.54, 1.807) is 10.5 Å². The predicted molar refractivity (Wildman–Crippen MR) is 103 cm³/mol. The molecule has 3 unspecified atom stereocenters. The van der Waals surface area contributed by atoms with Crippen molar-refractivity contribution in [3.05, 3.63) is 56.8 Å². The van der Waals surface area contributed by atoms with E-state index in [4.69, 9.17) is 20.1 Å². The summed E-state index contributed by atoms with van der Waals surface area (Å²) in [5.74, 6) is 1.39. The molecule has 7 atom stereocenters. The molecule has 1 aromatic rings. The quantitative estimate of drug-likeness (QED) is 0.389. The summed E-state index contributed by atoms with van der Waals surface area (Å²) in [7, 11) is 0. The van der Waals surface area contributed by atoms with E-state index in [2.05, 4.69) is 35.2 Å². The second kappa shape index (κ2) is 5.79. The maximum atomic E-state index is 13.2. The van der Waals surface area contributed by atoms with Crippen LogP contribution in [0.15, 0.2) is 35.9 Å². The van der Waals surface area contributed by atoms with Gasteiger partial charge in [0.15, 0.2) is 0 Å². The van der Waals surface area contributed by atoms with Crippen LogP contribution in [0.2, 0.25) is 0 Å². The zero-order chi connectivity index (χ0) is 19.9. The lowest BCUT2D eigenvalue weighted by atomic mass is 9.53. The van der Waals surface area contributed by atoms with Crippen LogP contribution >= 0.6 is 0 Å². The van der Waals surface area contributed by atoms with E-state index in [9.17, 15) is 4.79 Å². The van der Waals surface area contributed by atoms with Crippen molar-refractivity contribution in [1.82, 2.24) is 0 Å². The van der Waals surface area contributed by atoms with Gasteiger partial charge in [0.2, 0.25) is 5.91 Å². The van der Waals surface area contributed by atoms with Gasteiger partial charge < -0.3 is 29.9 Å². The zero-order valence-corrected chi connectivity index (χ0v) is 16.0. The summed E-state index contributed by atoms with van der Waals surface area (Å²) in [6.07, 6.45) is 5.54. The Balaban J connectivity index is 0.000000382. The molecule has 3 saturated heterocycles. The fourth-order valence-corrected chi connectivity index (χ4v) is 7.73. The number of hydrogen-bond donors (Lipinski definition) is 1. The van der Waals surface area contributed by atoms with E-state index in [0.29, 0.717) is 36.9 Å². The summed E-state index contributed by atoms with van der Waals surface area (Å²) in [5.41, 5.74) is 4.46. The Labute approximate surface area is 167 Å². The standard InChI is InChI=1S/C21H22N2O2.NO3/c24-18-10-16-19-13-9-17-21(6-7-22(17)11-12(13)5-8-25-16)14-3-1-2-4-15(14)23(18)20(19)21;2-1(3)4/h1-5,13,16-17,19-20H,6-11H2;/q;-1/p+1/t13-,16?,17-,19-,20?,21+;/m0./s1. The highest BCUT2D eigenvalue weighted by molar-refractivity contribution is 5.99. The number of hydrogen-bond acceptors (Lipinski definition) is 5. The number of ether oxygens (including phenoxy) is 1. The van der Waals surface area contributed by atoms with Crippen LogP contribution in [0, 0.1) is 27.2 Å². The Kier molecular flexibility index (Phi) is 3.48. The predicted octanol–water partition coefficient (Wildman–Crippen LogP) is 0.436. The maximum Gasteiger partial charge on any atom is 0.229 e. The SMILES string of the molecule is O=C1CC2OCC=C3C[NH+]4CC[C@]56c7ccccc7N1C5[C@H]2[C@H]3C[C@H]46.O=[N+]([O-])[O-]. The fourth-order valence-electron chi connectivity index (χ4n) is 7.73. The molecule has 7 rings (SSSR count). The Morgan fingerprint density at radius 1 is 1.28 bits per heavy atom. The monoisotopic (exact) mass is 397 g/mol. The van der Waals surface area contributed by atoms with Crippen molar-refractivity contribution in [2.45, 2.75) is 42.9 Å². The van der Waals surface area contributed by atoms with Crippen molar-refractivity contribution in [3.63, 3.8) is 0 Å². The number of benzene rings is 1. The van der Waals surface area contributed by atoms with Gasteiger partial charge in [-0.05, 0) is 23.1 Å². The summed E-state index contributed by atoms with van der Waals surface area (Å²) in [5, 5.41) is 14.8. The van der Waals surface area contributed by atoms with Gasteiger partial charge in [0.05, 0.1) is 48.8 Å². The topological polar surface area (TPSA) is 100 Å². The molecule has 1 aromatic carbocycles. The lowest BCUT2D eigenvalue weighted by molar-refractivity contribution is -0.916. The second-order valence-electron chi connectivity index (χ2n) is 9.15. The van der Waals surface area contributed by atoms with Crippen LogP contribution in [-0.4, -0.2) is 48.9 Å².